The molecule has 0 saturated carbocycles. The van der Waals surface area contributed by atoms with Gasteiger partial charge in [-0.3, -0.25) is 4.79 Å². The van der Waals surface area contributed by atoms with Crippen LogP contribution in [0.4, 0.5) is 4.79 Å². The minimum absolute atomic E-state index is 0.182. The summed E-state index contributed by atoms with van der Waals surface area (Å²) in [6.45, 7) is 3.92. The van der Waals surface area contributed by atoms with Gasteiger partial charge in [-0.15, -0.1) is 6.58 Å². The molecule has 0 bridgehead atoms. The quantitative estimate of drug-likeness (QED) is 0.619. The second kappa shape index (κ2) is 8.59. The number of imide groups is 1. The molecular formula is C21H19Cl2NO3. The normalized spacial score (nSPS) is 17.5. The molecule has 2 aromatic carbocycles. The van der Waals surface area contributed by atoms with E-state index in [2.05, 4.69) is 6.58 Å². The fraction of sp³-hybridized carbons (Fsp3) is 0.238. The summed E-state index contributed by atoms with van der Waals surface area (Å²) >= 11 is 12.1. The average molecular weight is 404 g/mol. The summed E-state index contributed by atoms with van der Waals surface area (Å²) in [4.78, 5) is 26.8. The van der Waals surface area contributed by atoms with Crippen molar-refractivity contribution >= 4 is 35.2 Å². The Morgan fingerprint density at radius 3 is 2.63 bits per heavy atom. The summed E-state index contributed by atoms with van der Waals surface area (Å²) in [7, 11) is 0. The number of amides is 2. The van der Waals surface area contributed by atoms with Gasteiger partial charge in [-0.05, 0) is 36.1 Å². The van der Waals surface area contributed by atoms with E-state index in [0.717, 1.165) is 5.56 Å². The Bertz CT molecular complexity index is 854. The molecule has 1 saturated heterocycles. The lowest BCUT2D eigenvalue weighted by Crippen LogP contribution is -2.42. The Kier molecular flexibility index (Phi) is 6.19. The third-order valence-corrected chi connectivity index (χ3v) is 5.30. The van der Waals surface area contributed by atoms with E-state index in [9.17, 15) is 9.59 Å². The summed E-state index contributed by atoms with van der Waals surface area (Å²) in [5.74, 6) is -0.905. The number of hydrogen-bond donors (Lipinski definition) is 0. The number of hydrogen-bond acceptors (Lipinski definition) is 3. The van der Waals surface area contributed by atoms with Crippen LogP contribution in [-0.4, -0.2) is 29.5 Å². The number of ether oxygens (including phenoxy) is 1. The highest BCUT2D eigenvalue weighted by molar-refractivity contribution is 6.42. The van der Waals surface area contributed by atoms with Crippen molar-refractivity contribution in [3.8, 4) is 0 Å². The zero-order valence-corrected chi connectivity index (χ0v) is 16.1. The van der Waals surface area contributed by atoms with Crippen LogP contribution >= 0.6 is 23.2 Å². The third-order valence-electron chi connectivity index (χ3n) is 4.56. The number of nitrogens with zero attached hydrogens (tertiary/aromatic N) is 1. The SMILES string of the molecule is C=CCC(C(=O)N1C(=O)OCC1Cc1ccccc1)c1ccc(Cl)c(Cl)c1. The molecule has 3 rings (SSSR count). The lowest BCUT2D eigenvalue weighted by Gasteiger charge is -2.25. The minimum Gasteiger partial charge on any atom is -0.447 e. The fourth-order valence-corrected chi connectivity index (χ4v) is 3.52. The number of carbonyl (C=O) groups is 2. The molecular weight excluding hydrogens is 385 g/mol. The van der Waals surface area contributed by atoms with Crippen molar-refractivity contribution in [3.63, 3.8) is 0 Å². The summed E-state index contributed by atoms with van der Waals surface area (Å²) in [5, 5.41) is 0.772. The van der Waals surface area contributed by atoms with Crippen molar-refractivity contribution in [1.82, 2.24) is 4.90 Å². The van der Waals surface area contributed by atoms with E-state index in [1.165, 1.54) is 4.90 Å². The van der Waals surface area contributed by atoms with Gasteiger partial charge in [0.1, 0.15) is 6.61 Å². The van der Waals surface area contributed by atoms with Crippen molar-refractivity contribution in [3.05, 3.63) is 82.4 Å². The van der Waals surface area contributed by atoms with Gasteiger partial charge in [-0.1, -0.05) is 65.7 Å². The van der Waals surface area contributed by atoms with Gasteiger partial charge in [0.25, 0.3) is 0 Å². The molecule has 140 valence electrons. The highest BCUT2D eigenvalue weighted by Crippen LogP contribution is 2.31. The Morgan fingerprint density at radius 1 is 1.22 bits per heavy atom. The van der Waals surface area contributed by atoms with Gasteiger partial charge in [0.15, 0.2) is 0 Å². The highest BCUT2D eigenvalue weighted by atomic mass is 35.5. The largest absolute Gasteiger partial charge is 0.447 e. The smallest absolute Gasteiger partial charge is 0.417 e. The first-order chi connectivity index (χ1) is 13.0. The Hall–Kier alpha value is -2.30. The third kappa shape index (κ3) is 4.34. The molecule has 6 heteroatoms. The van der Waals surface area contributed by atoms with E-state index in [-0.39, 0.29) is 18.6 Å². The maximum absolute atomic E-state index is 13.2. The van der Waals surface area contributed by atoms with Crippen molar-refractivity contribution in [2.45, 2.75) is 24.8 Å². The average Bonchev–Trinajstić information content (AvgIpc) is 3.02. The molecule has 0 radical (unpaired) electrons. The molecule has 1 aliphatic rings. The van der Waals surface area contributed by atoms with Crippen LogP contribution in [0.15, 0.2) is 61.2 Å². The predicted octanol–water partition coefficient (Wildman–Crippen LogP) is 5.24. The van der Waals surface area contributed by atoms with E-state index in [1.54, 1.807) is 24.3 Å². The molecule has 0 N–H and O–H groups in total. The second-order valence-corrected chi connectivity index (χ2v) is 7.19. The van der Waals surface area contributed by atoms with E-state index in [4.69, 9.17) is 27.9 Å². The van der Waals surface area contributed by atoms with Crippen molar-refractivity contribution in [2.24, 2.45) is 0 Å². The monoisotopic (exact) mass is 403 g/mol. The fourth-order valence-electron chi connectivity index (χ4n) is 3.21. The van der Waals surface area contributed by atoms with Crippen LogP contribution in [-0.2, 0) is 16.0 Å². The van der Waals surface area contributed by atoms with Gasteiger partial charge >= 0.3 is 6.09 Å². The van der Waals surface area contributed by atoms with E-state index in [1.807, 2.05) is 30.3 Å². The Balaban J connectivity index is 1.87. The van der Waals surface area contributed by atoms with Gasteiger partial charge in [0.05, 0.1) is 22.0 Å². The minimum atomic E-state index is -0.616. The van der Waals surface area contributed by atoms with Crippen LogP contribution in [0.2, 0.25) is 10.0 Å². The van der Waals surface area contributed by atoms with Crippen molar-refractivity contribution < 1.29 is 14.3 Å². The topological polar surface area (TPSA) is 46.6 Å². The van der Waals surface area contributed by atoms with Gasteiger partial charge < -0.3 is 4.74 Å². The van der Waals surface area contributed by atoms with E-state index < -0.39 is 12.0 Å². The van der Waals surface area contributed by atoms with Crippen LogP contribution in [0.5, 0.6) is 0 Å². The van der Waals surface area contributed by atoms with Crippen LogP contribution < -0.4 is 0 Å². The number of halogens is 2. The molecule has 1 heterocycles. The van der Waals surface area contributed by atoms with Crippen LogP contribution in [0.3, 0.4) is 0 Å². The summed E-state index contributed by atoms with van der Waals surface area (Å²) < 4.78 is 5.17. The highest BCUT2D eigenvalue weighted by Gasteiger charge is 2.40. The zero-order chi connectivity index (χ0) is 19.4. The zero-order valence-electron chi connectivity index (χ0n) is 14.6. The van der Waals surface area contributed by atoms with Crippen LogP contribution in [0.25, 0.3) is 0 Å². The first-order valence-corrected chi connectivity index (χ1v) is 9.36. The second-order valence-electron chi connectivity index (χ2n) is 6.38. The standard InChI is InChI=1S/C21H19Cl2NO3/c1-2-6-17(15-9-10-18(22)19(23)12-15)20(25)24-16(13-27-21(24)26)11-14-7-4-3-5-8-14/h2-5,7-10,12,16-17H,1,6,11,13H2. The van der Waals surface area contributed by atoms with E-state index in [0.29, 0.717) is 28.5 Å². The number of cyclic esters (lactones) is 1. The van der Waals surface area contributed by atoms with Crippen molar-refractivity contribution in [1.29, 1.82) is 0 Å². The predicted molar refractivity (Wildman–Crippen MR) is 106 cm³/mol. The molecule has 0 aliphatic carbocycles. The number of rotatable bonds is 6. The summed E-state index contributed by atoms with van der Waals surface area (Å²) in [6.07, 6.45) is 1.95. The van der Waals surface area contributed by atoms with Gasteiger partial charge in [-0.25, -0.2) is 9.69 Å². The van der Waals surface area contributed by atoms with E-state index >= 15 is 0 Å². The maximum atomic E-state index is 13.2. The number of carbonyl (C=O) groups excluding carboxylic acids is 2. The first kappa shape index (κ1) is 19.5. The molecule has 2 unspecified atom stereocenters. The molecule has 1 aliphatic heterocycles. The molecule has 27 heavy (non-hydrogen) atoms. The lowest BCUT2D eigenvalue weighted by molar-refractivity contribution is -0.130. The number of benzene rings is 2. The Morgan fingerprint density at radius 2 is 1.96 bits per heavy atom. The maximum Gasteiger partial charge on any atom is 0.417 e. The van der Waals surface area contributed by atoms with Gasteiger partial charge in [-0.2, -0.15) is 0 Å². The van der Waals surface area contributed by atoms with Gasteiger partial charge in [0, 0.05) is 0 Å². The van der Waals surface area contributed by atoms with Crippen LogP contribution in [0.1, 0.15) is 23.5 Å². The number of allylic oxidation sites excluding steroid dienone is 1. The molecule has 0 aromatic heterocycles. The summed E-state index contributed by atoms with van der Waals surface area (Å²) in [6, 6.07) is 14.4. The summed E-state index contributed by atoms with van der Waals surface area (Å²) in [5.41, 5.74) is 1.72. The lowest BCUT2D eigenvalue weighted by atomic mass is 9.93. The Labute approximate surface area is 168 Å². The molecule has 4 nitrogen and oxygen atoms in total. The molecule has 0 spiro atoms. The molecule has 2 aromatic rings. The van der Waals surface area contributed by atoms with Gasteiger partial charge in [0.2, 0.25) is 5.91 Å². The van der Waals surface area contributed by atoms with Crippen LogP contribution in [0, 0.1) is 0 Å². The molecule has 2 amide bonds. The van der Waals surface area contributed by atoms with Crippen molar-refractivity contribution in [2.75, 3.05) is 6.61 Å². The first-order valence-electron chi connectivity index (χ1n) is 8.61. The molecule has 2 atom stereocenters. The molecule has 1 fully saturated rings.